The summed E-state index contributed by atoms with van der Waals surface area (Å²) in [6, 6.07) is 0. The Labute approximate surface area is 73.3 Å². The second kappa shape index (κ2) is 6.90. The molecule has 1 unspecified atom stereocenters. The zero-order valence-electron chi connectivity index (χ0n) is 2.23. The molecule has 0 aliphatic heterocycles. The normalized spacial score (nSPS) is 7.20. The van der Waals surface area contributed by atoms with Crippen LogP contribution in [0.5, 0.6) is 0 Å². The van der Waals surface area contributed by atoms with Gasteiger partial charge in [0.15, 0.2) is 0 Å². The van der Waals surface area contributed by atoms with Crippen LogP contribution in [0.2, 0.25) is 0 Å². The predicted molar refractivity (Wildman–Crippen MR) is 44.7 cm³/mol. The van der Waals surface area contributed by atoms with Crippen LogP contribution >= 0.6 is 55.9 Å². The van der Waals surface area contributed by atoms with Gasteiger partial charge in [0.2, 0.25) is 0 Å². The van der Waals surface area contributed by atoms with Gasteiger partial charge < -0.3 is 0 Å². The van der Waals surface area contributed by atoms with Gasteiger partial charge in [0.25, 0.3) is 0 Å². The first-order valence-electron chi connectivity index (χ1n) is 0.596. The molecular formula is H2I2P2V. The molecule has 0 heterocycles. The van der Waals surface area contributed by atoms with Crippen LogP contribution in [0.15, 0.2) is 0 Å². The maximum atomic E-state index is 2.70. The Morgan fingerprint density at radius 3 is 1.40 bits per heavy atom. The van der Waals surface area contributed by atoms with E-state index in [4.69, 9.17) is 0 Å². The quantitative estimate of drug-likeness (QED) is 0.455. The van der Waals surface area contributed by atoms with Crippen LogP contribution < -0.4 is 0 Å². The molecule has 0 rings (SSSR count). The van der Waals surface area contributed by atoms with Crippen LogP contribution in [0.1, 0.15) is 0 Å². The van der Waals surface area contributed by atoms with Crippen LogP contribution in [0.4, 0.5) is 0 Å². The van der Waals surface area contributed by atoms with E-state index in [1.54, 1.807) is 0 Å². The SMILES string of the molecule is PP(I)I.[V]. The molecule has 0 bridgehead atoms. The minimum Gasteiger partial charge on any atom is -0.0902 e. The Bertz CT molecular complexity index is 12.4. The maximum Gasteiger partial charge on any atom is 0.0424 e. The molecule has 1 atom stereocenters. The van der Waals surface area contributed by atoms with Crippen LogP contribution in [-0.2, 0) is 18.6 Å². The van der Waals surface area contributed by atoms with Crippen molar-refractivity contribution >= 4 is 55.9 Å². The molecule has 0 N–H and O–H groups in total. The fourth-order valence-corrected chi connectivity index (χ4v) is 0. The second-order valence-electron chi connectivity index (χ2n) is 0.259. The zero-order chi connectivity index (χ0) is 3.58. The van der Waals surface area contributed by atoms with E-state index in [0.717, 1.165) is 0 Å². The van der Waals surface area contributed by atoms with E-state index in [-0.39, 0.29) is 21.5 Å². The molecule has 0 spiro atoms. The van der Waals surface area contributed by atoms with Crippen molar-refractivity contribution in [1.82, 2.24) is 0 Å². The topological polar surface area (TPSA) is 0 Å². The molecule has 0 saturated carbocycles. The largest absolute Gasteiger partial charge is 0.0902 e. The molecule has 0 fully saturated rings. The number of rotatable bonds is 0. The Morgan fingerprint density at radius 2 is 1.40 bits per heavy atom. The molecule has 0 aliphatic rings. The molecule has 0 amide bonds. The zero-order valence-corrected chi connectivity index (χ0v) is 9.99. The van der Waals surface area contributed by atoms with Crippen molar-refractivity contribution in [2.24, 2.45) is 0 Å². The minimum absolute atomic E-state index is 0. The molecule has 0 aliphatic carbocycles. The van der Waals surface area contributed by atoms with E-state index in [1.807, 2.05) is 0 Å². The molecule has 0 aromatic heterocycles. The van der Waals surface area contributed by atoms with E-state index in [1.165, 1.54) is 0 Å². The fraction of sp³-hybridized carbons (Fsp3) is 0. The van der Waals surface area contributed by atoms with Crippen molar-refractivity contribution in [2.75, 3.05) is 0 Å². The van der Waals surface area contributed by atoms with Gasteiger partial charge in [0, 0.05) is 21.5 Å². The number of hydrogen-bond acceptors (Lipinski definition) is 0. The summed E-state index contributed by atoms with van der Waals surface area (Å²) in [6.45, 7) is 0. The molecule has 1 radical (unpaired) electrons. The van der Waals surface area contributed by atoms with Crippen molar-refractivity contribution in [3.63, 3.8) is 0 Å². The summed E-state index contributed by atoms with van der Waals surface area (Å²) in [5.41, 5.74) is 0. The van der Waals surface area contributed by atoms with Gasteiger partial charge in [-0.05, 0) is 44.1 Å². The van der Waals surface area contributed by atoms with Crippen molar-refractivity contribution in [2.45, 2.75) is 0 Å². The van der Waals surface area contributed by atoms with Crippen molar-refractivity contribution < 1.29 is 18.6 Å². The van der Waals surface area contributed by atoms with Gasteiger partial charge in [0.1, 0.15) is 0 Å². The monoisotopic (exact) mass is 369 g/mol. The molecule has 0 saturated heterocycles. The smallest absolute Gasteiger partial charge is 0.0424 e. The van der Waals surface area contributed by atoms with E-state index < -0.39 is 0 Å². The first-order chi connectivity index (χ1) is 1.73. The summed E-state index contributed by atoms with van der Waals surface area (Å²) in [4.78, 5) is 0. The summed E-state index contributed by atoms with van der Waals surface area (Å²) in [7, 11) is 2.70. The first kappa shape index (κ1) is 10.8. The average Bonchev–Trinajstić information content (AvgIpc) is 0.811. The van der Waals surface area contributed by atoms with Gasteiger partial charge in [-0.2, -0.15) is 0 Å². The summed E-state index contributed by atoms with van der Waals surface area (Å²) in [5.74, 6) is 0. The van der Waals surface area contributed by atoms with E-state index in [9.17, 15) is 0 Å². The van der Waals surface area contributed by atoms with Crippen LogP contribution in [0, 0.1) is 0 Å². The Kier molecular flexibility index (Phi) is 14.9. The molecule has 0 aromatic rings. The fourth-order valence-electron chi connectivity index (χ4n) is 0. The van der Waals surface area contributed by atoms with Crippen molar-refractivity contribution in [1.29, 1.82) is 0 Å². The van der Waals surface area contributed by atoms with Crippen LogP contribution in [0.3, 0.4) is 0 Å². The van der Waals surface area contributed by atoms with E-state index in [2.05, 4.69) is 53.0 Å². The summed E-state index contributed by atoms with van der Waals surface area (Å²) >= 11 is 4.72. The van der Waals surface area contributed by atoms with Gasteiger partial charge in [-0.25, -0.2) is 0 Å². The third-order valence-corrected chi connectivity index (χ3v) is 0. The first-order valence-corrected chi connectivity index (χ1v) is 9.13. The predicted octanol–water partition coefficient (Wildman–Crippen LogP) is 2.96. The maximum absolute atomic E-state index is 2.70. The Balaban J connectivity index is 0. The summed E-state index contributed by atoms with van der Waals surface area (Å²) in [5, 5.41) is 0. The molecule has 0 aromatic carbocycles. The number of hydrogen-bond donors (Lipinski definition) is 0. The summed E-state index contributed by atoms with van der Waals surface area (Å²) < 4.78 is 0.236. The molecule has 5 heteroatoms. The molecule has 0 nitrogen and oxygen atoms in total. The molecule has 31 valence electrons. The van der Waals surface area contributed by atoms with Gasteiger partial charge in [0.05, 0.1) is 0 Å². The van der Waals surface area contributed by atoms with Gasteiger partial charge in [-0.3, -0.25) is 0 Å². The summed E-state index contributed by atoms with van der Waals surface area (Å²) in [6.07, 6.45) is 0. The van der Waals surface area contributed by atoms with Crippen LogP contribution in [-0.4, -0.2) is 0 Å². The molecular weight excluding hydrogens is 367 g/mol. The van der Waals surface area contributed by atoms with Crippen molar-refractivity contribution in [3.05, 3.63) is 0 Å². The Hall–Kier alpha value is 2.90. The van der Waals surface area contributed by atoms with E-state index in [0.29, 0.717) is 0 Å². The minimum atomic E-state index is 0. The van der Waals surface area contributed by atoms with Gasteiger partial charge in [-0.15, -0.1) is 0 Å². The number of halogens is 2. The van der Waals surface area contributed by atoms with Crippen molar-refractivity contribution in [3.8, 4) is 0 Å². The average molecular weight is 369 g/mol. The van der Waals surface area contributed by atoms with E-state index >= 15 is 0 Å². The standard InChI is InChI=1S/H2I2P2.V/c1-4(2)3;/h3H2;. The third-order valence-electron chi connectivity index (χ3n) is 0. The van der Waals surface area contributed by atoms with Crippen LogP contribution in [0.25, 0.3) is 0 Å². The van der Waals surface area contributed by atoms with Gasteiger partial charge in [-0.1, -0.05) is 8.93 Å². The second-order valence-corrected chi connectivity index (χ2v) is 20.4. The molecule has 5 heavy (non-hydrogen) atoms. The third kappa shape index (κ3) is 19.7. The van der Waals surface area contributed by atoms with Gasteiger partial charge >= 0.3 is 0 Å². The Morgan fingerprint density at radius 1 is 1.40 bits per heavy atom.